The summed E-state index contributed by atoms with van der Waals surface area (Å²) in [6.07, 6.45) is 3.79. The lowest BCUT2D eigenvalue weighted by atomic mass is 10.1. The minimum atomic E-state index is -1.94. The fourth-order valence-electron chi connectivity index (χ4n) is 7.41. The molecule has 0 saturated carbocycles. The topological polar surface area (TPSA) is 119 Å². The molecule has 0 fully saturated rings. The molecule has 0 aliphatic carbocycles. The molecule has 8 rings (SSSR count). The first-order valence-corrected chi connectivity index (χ1v) is 20.9. The van der Waals surface area contributed by atoms with E-state index in [1.165, 1.54) is 15.9 Å². The Morgan fingerprint density at radius 2 is 1.44 bits per heavy atom. The van der Waals surface area contributed by atoms with Gasteiger partial charge in [0.15, 0.2) is 0 Å². The first-order valence-electron chi connectivity index (χ1n) is 18.9. The molecule has 0 atom stereocenters. The Morgan fingerprint density at radius 3 is 2.07 bits per heavy atom. The van der Waals surface area contributed by atoms with Crippen molar-refractivity contribution in [3.8, 4) is 17.1 Å². The van der Waals surface area contributed by atoms with Crippen LogP contribution >= 0.6 is 7.26 Å². The molecule has 0 spiro atoms. The van der Waals surface area contributed by atoms with Gasteiger partial charge in [-0.2, -0.15) is 0 Å². The first-order chi connectivity index (χ1) is 27.4. The van der Waals surface area contributed by atoms with E-state index >= 15 is 0 Å². The highest BCUT2D eigenvalue weighted by atomic mass is 79.9. The lowest BCUT2D eigenvalue weighted by Crippen LogP contribution is -3.00. The molecule has 10 nitrogen and oxygen atoms in total. The highest BCUT2D eigenvalue weighted by molar-refractivity contribution is 7.95. The molecule has 0 saturated heterocycles. The number of halogens is 1. The summed E-state index contributed by atoms with van der Waals surface area (Å²) in [7, 11) is -1.94. The van der Waals surface area contributed by atoms with Crippen LogP contribution in [-0.4, -0.2) is 44.2 Å². The summed E-state index contributed by atoms with van der Waals surface area (Å²) in [5.74, 6) is 0.636. The number of rotatable bonds is 14. The van der Waals surface area contributed by atoms with Gasteiger partial charge in [-0.3, -0.25) is 9.48 Å². The van der Waals surface area contributed by atoms with E-state index in [1.54, 1.807) is 24.3 Å². The first kappa shape index (κ1) is 39.3. The predicted molar refractivity (Wildman–Crippen MR) is 226 cm³/mol. The fraction of sp³-hybridized carbons (Fsp3) is 0.178. The molecule has 0 aliphatic heterocycles. The molecular weight excluding hydrogens is 799 g/mol. The van der Waals surface area contributed by atoms with Gasteiger partial charge >= 0.3 is 5.63 Å². The normalized spacial score (nSPS) is 11.4. The average Bonchev–Trinajstić information content (AvgIpc) is 3.70. The van der Waals surface area contributed by atoms with Crippen LogP contribution in [0.3, 0.4) is 0 Å². The number of hydrogen-bond donors (Lipinski definition) is 1. The van der Waals surface area contributed by atoms with Crippen molar-refractivity contribution in [3.05, 3.63) is 166 Å². The number of aromatic nitrogens is 5. The van der Waals surface area contributed by atoms with Crippen molar-refractivity contribution in [2.45, 2.75) is 33.4 Å². The largest absolute Gasteiger partial charge is 1.00 e. The molecule has 5 aromatic carbocycles. The monoisotopic (exact) mass is 840 g/mol. The van der Waals surface area contributed by atoms with Crippen molar-refractivity contribution in [2.24, 2.45) is 0 Å². The second-order valence-corrected chi connectivity index (χ2v) is 17.2. The molecule has 1 N–H and O–H groups in total. The van der Waals surface area contributed by atoms with E-state index in [-0.39, 0.29) is 35.0 Å². The van der Waals surface area contributed by atoms with Gasteiger partial charge in [-0.1, -0.05) is 59.8 Å². The molecule has 8 aromatic rings. The number of nitrogens with one attached hydrogen (secondary N) is 1. The quantitative estimate of drug-likeness (QED) is 0.129. The van der Waals surface area contributed by atoms with Gasteiger partial charge in [0, 0.05) is 43.2 Å². The number of aryl methyl sites for hydroxylation is 1. The summed E-state index contributed by atoms with van der Waals surface area (Å²) in [5.41, 5.74) is 1.78. The maximum Gasteiger partial charge on any atom is 0.347 e. The summed E-state index contributed by atoms with van der Waals surface area (Å²) in [6, 6.07) is 45.2. The van der Waals surface area contributed by atoms with E-state index in [2.05, 4.69) is 130 Å². The van der Waals surface area contributed by atoms with Gasteiger partial charge in [0.05, 0.1) is 23.3 Å². The number of benzene rings is 5. The Morgan fingerprint density at radius 1 is 0.789 bits per heavy atom. The van der Waals surface area contributed by atoms with Crippen molar-refractivity contribution in [1.29, 1.82) is 0 Å². The number of ether oxygens (including phenoxy) is 1. The number of H-pyrrole nitrogens is 1. The standard InChI is InChI=1S/C45H41N6O4P.BrH/c1-3-50(4-2)34-22-21-32-27-40(45(53)55-42(32)28-34)43-46-41-24-23-35(29-39(41)44(52)47-43)54-31-33-30-51(49-48-33)25-14-26-56(36-15-8-5-9-16-36,37-17-10-6-11-18-37)38-19-12-7-13-20-38;/h5-13,15-24,27-30H,3-4,14,25-26,31H2,1-2H3;1H. The van der Waals surface area contributed by atoms with Crippen molar-refractivity contribution >= 4 is 50.7 Å². The second kappa shape index (κ2) is 17.5. The van der Waals surface area contributed by atoms with Gasteiger partial charge in [-0.15, -0.1) is 5.10 Å². The third-order valence-corrected chi connectivity index (χ3v) is 14.8. The molecule has 3 heterocycles. The Kier molecular flexibility index (Phi) is 12.1. The van der Waals surface area contributed by atoms with Crippen molar-refractivity contribution in [3.63, 3.8) is 0 Å². The van der Waals surface area contributed by atoms with Crippen molar-refractivity contribution < 1.29 is 26.1 Å². The van der Waals surface area contributed by atoms with Crippen LogP contribution in [0.1, 0.15) is 26.0 Å². The molecule has 0 unspecified atom stereocenters. The highest BCUT2D eigenvalue weighted by Gasteiger charge is 2.44. The number of fused-ring (bicyclic) bond motifs is 2. The summed E-state index contributed by atoms with van der Waals surface area (Å²) in [5, 5.41) is 13.9. The van der Waals surface area contributed by atoms with Gasteiger partial charge in [-0.25, -0.2) is 9.78 Å². The second-order valence-electron chi connectivity index (χ2n) is 13.6. The maximum atomic E-state index is 13.3. The Hall–Kier alpha value is -5.90. The number of aromatic amines is 1. The fourth-order valence-corrected chi connectivity index (χ4v) is 11.7. The zero-order valence-corrected chi connectivity index (χ0v) is 34.2. The lowest BCUT2D eigenvalue weighted by Gasteiger charge is -2.27. The zero-order chi connectivity index (χ0) is 38.5. The van der Waals surface area contributed by atoms with Crippen LogP contribution in [-0.2, 0) is 13.2 Å². The van der Waals surface area contributed by atoms with E-state index in [0.29, 0.717) is 34.5 Å². The van der Waals surface area contributed by atoms with Gasteiger partial charge in [-0.05, 0) is 86.6 Å². The Balaban J connectivity index is 0.00000496. The van der Waals surface area contributed by atoms with Crippen LogP contribution in [0.15, 0.2) is 154 Å². The van der Waals surface area contributed by atoms with Gasteiger partial charge in [0.1, 0.15) is 58.2 Å². The highest BCUT2D eigenvalue weighted by Crippen LogP contribution is 2.55. The van der Waals surface area contributed by atoms with E-state index in [0.717, 1.165) is 36.7 Å². The third-order valence-electron chi connectivity index (χ3n) is 10.2. The van der Waals surface area contributed by atoms with Gasteiger partial charge in [0.25, 0.3) is 5.56 Å². The molecule has 57 heavy (non-hydrogen) atoms. The number of anilines is 1. The van der Waals surface area contributed by atoms with Gasteiger partial charge in [0.2, 0.25) is 0 Å². The SMILES string of the molecule is CCN(CC)c1ccc2cc(-c3nc4ccc(OCc5cn(CCC[P+](c6ccccc6)(c6ccccc6)c6ccccc6)nn5)cc4c(=O)[nH]3)c(=O)oc2c1.[Br-]. The molecule has 0 bridgehead atoms. The minimum Gasteiger partial charge on any atom is -1.00 e. The molecule has 12 heteroatoms. The lowest BCUT2D eigenvalue weighted by molar-refractivity contribution is -0.0000122. The Bertz CT molecular complexity index is 2620. The zero-order valence-electron chi connectivity index (χ0n) is 31.7. The van der Waals surface area contributed by atoms with E-state index in [4.69, 9.17) is 9.15 Å². The number of nitrogens with zero attached hydrogens (tertiary/aromatic N) is 5. The minimum absolute atomic E-state index is 0. The van der Waals surface area contributed by atoms with Crippen LogP contribution in [0.25, 0.3) is 33.3 Å². The Labute approximate surface area is 341 Å². The van der Waals surface area contributed by atoms with Crippen LogP contribution in [0.2, 0.25) is 0 Å². The third kappa shape index (κ3) is 8.17. The smallest absolute Gasteiger partial charge is 0.347 e. The summed E-state index contributed by atoms with van der Waals surface area (Å²) < 4.78 is 13.6. The predicted octanol–water partition coefficient (Wildman–Crippen LogP) is 4.10. The summed E-state index contributed by atoms with van der Waals surface area (Å²) >= 11 is 0. The number of hydrogen-bond acceptors (Lipinski definition) is 8. The molecule has 0 radical (unpaired) electrons. The van der Waals surface area contributed by atoms with Crippen molar-refractivity contribution in [1.82, 2.24) is 25.0 Å². The average molecular weight is 842 g/mol. The molecular formula is C45H42BrN6O4P. The van der Waals surface area contributed by atoms with Crippen molar-refractivity contribution in [2.75, 3.05) is 24.2 Å². The summed E-state index contributed by atoms with van der Waals surface area (Å²) in [6.45, 7) is 6.71. The van der Waals surface area contributed by atoms with Gasteiger partial charge < -0.3 is 36.0 Å². The van der Waals surface area contributed by atoms with E-state index in [1.807, 2.05) is 29.1 Å². The maximum absolute atomic E-state index is 13.3. The molecule has 288 valence electrons. The summed E-state index contributed by atoms with van der Waals surface area (Å²) in [4.78, 5) is 35.9. The molecule has 0 amide bonds. The van der Waals surface area contributed by atoms with E-state index < -0.39 is 18.4 Å². The van der Waals surface area contributed by atoms with Crippen LogP contribution in [0.5, 0.6) is 5.75 Å². The van der Waals surface area contributed by atoms with Crippen LogP contribution in [0, 0.1) is 0 Å². The van der Waals surface area contributed by atoms with E-state index in [9.17, 15) is 9.59 Å². The van der Waals surface area contributed by atoms with Crippen LogP contribution in [0.4, 0.5) is 5.69 Å². The molecule has 3 aromatic heterocycles. The molecule has 0 aliphatic rings. The van der Waals surface area contributed by atoms with Crippen LogP contribution < -0.4 is 53.7 Å².